The molecule has 0 saturated heterocycles. The van der Waals surface area contributed by atoms with Gasteiger partial charge >= 0.3 is 0 Å². The number of anilines is 1. The van der Waals surface area contributed by atoms with E-state index in [-0.39, 0.29) is 17.8 Å². The zero-order valence-corrected chi connectivity index (χ0v) is 14.0. The van der Waals surface area contributed by atoms with Crippen LogP contribution in [0.3, 0.4) is 0 Å². The minimum absolute atomic E-state index is 0.0697. The van der Waals surface area contributed by atoms with E-state index in [1.165, 1.54) is 24.3 Å². The number of carbonyl (C=O) groups is 1. The molecule has 1 amide bonds. The first-order valence-electron chi connectivity index (χ1n) is 7.83. The molecule has 6 nitrogen and oxygen atoms in total. The molecule has 0 unspecified atom stereocenters. The second-order valence-corrected chi connectivity index (χ2v) is 5.53. The zero-order valence-electron chi connectivity index (χ0n) is 14.0. The maximum Gasteiger partial charge on any atom is 0.276 e. The number of rotatable bonds is 5. The molecule has 0 saturated carbocycles. The summed E-state index contributed by atoms with van der Waals surface area (Å²) in [5.41, 5.74) is 0.847. The molecule has 1 heterocycles. The summed E-state index contributed by atoms with van der Waals surface area (Å²) in [4.78, 5) is 24.3. The van der Waals surface area contributed by atoms with Gasteiger partial charge in [0, 0.05) is 11.8 Å². The molecule has 26 heavy (non-hydrogen) atoms. The van der Waals surface area contributed by atoms with E-state index in [0.717, 1.165) is 4.68 Å². The lowest BCUT2D eigenvalue weighted by Gasteiger charge is -2.08. The van der Waals surface area contributed by atoms with Gasteiger partial charge in [-0.25, -0.2) is 9.07 Å². The average molecular weight is 353 g/mol. The molecule has 1 aromatic heterocycles. The Hall–Kier alpha value is -3.48. The number of amides is 1. The minimum Gasteiger partial charge on any atom is -0.497 e. The third-order valence-electron chi connectivity index (χ3n) is 3.67. The summed E-state index contributed by atoms with van der Waals surface area (Å²) in [6, 6.07) is 15.3. The Balaban J connectivity index is 1.79. The van der Waals surface area contributed by atoms with E-state index >= 15 is 0 Å². The van der Waals surface area contributed by atoms with Crippen LogP contribution in [0.5, 0.6) is 5.75 Å². The van der Waals surface area contributed by atoms with Crippen LogP contribution in [0.1, 0.15) is 16.1 Å². The van der Waals surface area contributed by atoms with E-state index in [9.17, 15) is 14.0 Å². The number of aromatic nitrogens is 2. The highest BCUT2D eigenvalue weighted by Gasteiger charge is 2.11. The SMILES string of the molecule is COc1ccc(NC(=O)c2ccc(=O)n(Cc3cccc(F)c3)n2)cc1. The van der Waals surface area contributed by atoms with Crippen molar-refractivity contribution in [3.05, 3.63) is 88.1 Å². The number of halogens is 1. The van der Waals surface area contributed by atoms with Crippen molar-refractivity contribution < 1.29 is 13.9 Å². The number of hydrogen-bond donors (Lipinski definition) is 1. The maximum atomic E-state index is 13.3. The van der Waals surface area contributed by atoms with Gasteiger partial charge in [-0.3, -0.25) is 9.59 Å². The molecule has 0 radical (unpaired) electrons. The van der Waals surface area contributed by atoms with Gasteiger partial charge in [-0.05, 0) is 48.0 Å². The molecule has 0 bridgehead atoms. The van der Waals surface area contributed by atoms with Crippen LogP contribution in [-0.2, 0) is 6.54 Å². The molecule has 0 aliphatic carbocycles. The summed E-state index contributed by atoms with van der Waals surface area (Å²) in [6.45, 7) is 0.0697. The molecule has 7 heteroatoms. The van der Waals surface area contributed by atoms with Gasteiger partial charge < -0.3 is 10.1 Å². The normalized spacial score (nSPS) is 10.4. The Morgan fingerprint density at radius 2 is 1.92 bits per heavy atom. The van der Waals surface area contributed by atoms with E-state index < -0.39 is 11.7 Å². The highest BCUT2D eigenvalue weighted by atomic mass is 19.1. The average Bonchev–Trinajstić information content (AvgIpc) is 2.64. The second kappa shape index (κ2) is 7.60. The van der Waals surface area contributed by atoms with Gasteiger partial charge in [-0.2, -0.15) is 5.10 Å². The van der Waals surface area contributed by atoms with Crippen LogP contribution in [0.2, 0.25) is 0 Å². The number of hydrogen-bond acceptors (Lipinski definition) is 4. The van der Waals surface area contributed by atoms with Gasteiger partial charge in [0.15, 0.2) is 0 Å². The standard InChI is InChI=1S/C19H16FN3O3/c1-26-16-7-5-15(6-8-16)21-19(25)17-9-10-18(24)23(22-17)12-13-3-2-4-14(20)11-13/h2-11H,12H2,1H3,(H,21,25). The van der Waals surface area contributed by atoms with Crippen LogP contribution in [0, 0.1) is 5.82 Å². The summed E-state index contributed by atoms with van der Waals surface area (Å²) in [5.74, 6) is -0.183. The van der Waals surface area contributed by atoms with Gasteiger partial charge in [0.05, 0.1) is 13.7 Å². The van der Waals surface area contributed by atoms with Crippen LogP contribution in [-0.4, -0.2) is 22.8 Å². The number of nitrogens with zero attached hydrogens (tertiary/aromatic N) is 2. The maximum absolute atomic E-state index is 13.3. The fourth-order valence-corrected chi connectivity index (χ4v) is 2.36. The van der Waals surface area contributed by atoms with Crippen molar-refractivity contribution in [2.24, 2.45) is 0 Å². The molecular weight excluding hydrogens is 337 g/mol. The first kappa shape index (κ1) is 17.3. The van der Waals surface area contributed by atoms with Crippen LogP contribution in [0.25, 0.3) is 0 Å². The van der Waals surface area contributed by atoms with Crippen molar-refractivity contribution >= 4 is 11.6 Å². The van der Waals surface area contributed by atoms with Crippen LogP contribution >= 0.6 is 0 Å². The van der Waals surface area contributed by atoms with Crippen LogP contribution in [0.15, 0.2) is 65.5 Å². The Morgan fingerprint density at radius 1 is 1.15 bits per heavy atom. The molecule has 2 aromatic carbocycles. The summed E-state index contributed by atoms with van der Waals surface area (Å²) in [6.07, 6.45) is 0. The minimum atomic E-state index is -0.455. The quantitative estimate of drug-likeness (QED) is 0.765. The molecule has 3 rings (SSSR count). The predicted molar refractivity (Wildman–Crippen MR) is 94.9 cm³/mol. The number of carbonyl (C=O) groups excluding carboxylic acids is 1. The van der Waals surface area contributed by atoms with Crippen molar-refractivity contribution in [1.29, 1.82) is 0 Å². The summed E-state index contributed by atoms with van der Waals surface area (Å²) in [5, 5.41) is 6.77. The second-order valence-electron chi connectivity index (χ2n) is 5.53. The fraction of sp³-hybridized carbons (Fsp3) is 0.105. The van der Waals surface area contributed by atoms with Crippen molar-refractivity contribution in [1.82, 2.24) is 9.78 Å². The van der Waals surface area contributed by atoms with E-state index in [2.05, 4.69) is 10.4 Å². The third-order valence-corrected chi connectivity index (χ3v) is 3.67. The van der Waals surface area contributed by atoms with Crippen molar-refractivity contribution in [3.63, 3.8) is 0 Å². The largest absolute Gasteiger partial charge is 0.497 e. The van der Waals surface area contributed by atoms with Crippen molar-refractivity contribution in [2.45, 2.75) is 6.54 Å². The lowest BCUT2D eigenvalue weighted by atomic mass is 10.2. The van der Waals surface area contributed by atoms with E-state index in [4.69, 9.17) is 4.74 Å². The zero-order chi connectivity index (χ0) is 18.5. The first-order chi connectivity index (χ1) is 12.5. The summed E-state index contributed by atoms with van der Waals surface area (Å²) in [7, 11) is 1.55. The molecule has 3 aromatic rings. The van der Waals surface area contributed by atoms with Crippen molar-refractivity contribution in [3.8, 4) is 5.75 Å². The molecule has 0 aliphatic heterocycles. The highest BCUT2D eigenvalue weighted by Crippen LogP contribution is 2.15. The Morgan fingerprint density at radius 3 is 2.62 bits per heavy atom. The molecule has 132 valence electrons. The fourth-order valence-electron chi connectivity index (χ4n) is 2.36. The molecule has 1 N–H and O–H groups in total. The molecular formula is C19H16FN3O3. The topological polar surface area (TPSA) is 73.2 Å². The first-order valence-corrected chi connectivity index (χ1v) is 7.83. The van der Waals surface area contributed by atoms with E-state index in [1.54, 1.807) is 43.5 Å². The van der Waals surface area contributed by atoms with Gasteiger partial charge in [0.2, 0.25) is 0 Å². The number of benzene rings is 2. The lowest BCUT2D eigenvalue weighted by molar-refractivity contribution is 0.102. The monoisotopic (exact) mass is 353 g/mol. The van der Waals surface area contributed by atoms with Crippen LogP contribution < -0.4 is 15.6 Å². The van der Waals surface area contributed by atoms with Gasteiger partial charge in [-0.1, -0.05) is 12.1 Å². The number of nitrogens with one attached hydrogen (secondary N) is 1. The molecule has 0 aliphatic rings. The predicted octanol–water partition coefficient (Wildman–Crippen LogP) is 2.69. The Labute approximate surface area is 148 Å². The van der Waals surface area contributed by atoms with E-state index in [0.29, 0.717) is 17.0 Å². The summed E-state index contributed by atoms with van der Waals surface area (Å²) >= 11 is 0. The molecule has 0 spiro atoms. The van der Waals surface area contributed by atoms with Gasteiger partial charge in [0.1, 0.15) is 17.3 Å². The number of ether oxygens (including phenoxy) is 1. The van der Waals surface area contributed by atoms with Crippen molar-refractivity contribution in [2.75, 3.05) is 12.4 Å². The molecule has 0 atom stereocenters. The lowest BCUT2D eigenvalue weighted by Crippen LogP contribution is -2.26. The third kappa shape index (κ3) is 4.13. The van der Waals surface area contributed by atoms with Gasteiger partial charge in [0.25, 0.3) is 11.5 Å². The van der Waals surface area contributed by atoms with Crippen LogP contribution in [0.4, 0.5) is 10.1 Å². The smallest absolute Gasteiger partial charge is 0.276 e. The molecule has 0 fully saturated rings. The van der Waals surface area contributed by atoms with Gasteiger partial charge in [-0.15, -0.1) is 0 Å². The Bertz CT molecular complexity index is 984. The number of methoxy groups -OCH3 is 1. The Kier molecular flexibility index (Phi) is 5.07. The summed E-state index contributed by atoms with van der Waals surface area (Å²) < 4.78 is 19.5. The van der Waals surface area contributed by atoms with E-state index in [1.807, 2.05) is 0 Å². The highest BCUT2D eigenvalue weighted by molar-refractivity contribution is 6.02.